The number of thiocarbonyl (C=S) groups is 1. The Morgan fingerprint density at radius 3 is 2.29 bits per heavy atom. The molecule has 2 aromatic carbocycles. The highest BCUT2D eigenvalue weighted by molar-refractivity contribution is 8.27. The van der Waals surface area contributed by atoms with Gasteiger partial charge in [-0.15, -0.1) is 0 Å². The van der Waals surface area contributed by atoms with E-state index in [1.54, 1.807) is 61.5 Å². The summed E-state index contributed by atoms with van der Waals surface area (Å²) in [4.78, 5) is 26.7. The van der Waals surface area contributed by atoms with E-state index >= 15 is 0 Å². The monoisotopic (exact) mass is 558 g/mol. The van der Waals surface area contributed by atoms with Crippen molar-refractivity contribution >= 4 is 86.7 Å². The summed E-state index contributed by atoms with van der Waals surface area (Å²) in [6, 6.07) is 14.0. The third-order valence-electron chi connectivity index (χ3n) is 4.54. The fourth-order valence-electron chi connectivity index (χ4n) is 2.90. The van der Waals surface area contributed by atoms with E-state index in [-0.39, 0.29) is 18.2 Å². The molecule has 1 aliphatic rings. The highest BCUT2D eigenvalue weighted by atomic mass is 35.6. The number of benzene rings is 2. The van der Waals surface area contributed by atoms with Crippen molar-refractivity contribution in [3.8, 4) is 11.5 Å². The number of hydrogen-bond donors (Lipinski definition) is 1. The van der Waals surface area contributed by atoms with Crippen molar-refractivity contribution in [1.29, 1.82) is 0 Å². The van der Waals surface area contributed by atoms with Crippen LogP contribution in [0.25, 0.3) is 6.08 Å². The van der Waals surface area contributed by atoms with Gasteiger partial charge in [0.1, 0.15) is 11.5 Å². The van der Waals surface area contributed by atoms with Crippen LogP contribution in [0.15, 0.2) is 53.4 Å². The molecule has 0 aromatic heterocycles. The van der Waals surface area contributed by atoms with E-state index in [4.69, 9.17) is 56.5 Å². The van der Waals surface area contributed by atoms with Gasteiger partial charge in [0.15, 0.2) is 4.32 Å². The second kappa shape index (κ2) is 11.6. The molecule has 6 nitrogen and oxygen atoms in total. The highest BCUT2D eigenvalue weighted by Gasteiger charge is 2.36. The molecule has 0 bridgehead atoms. The van der Waals surface area contributed by atoms with Crippen molar-refractivity contribution in [3.05, 3.63) is 59.0 Å². The summed E-state index contributed by atoms with van der Waals surface area (Å²) in [6.45, 7) is 4.15. The first-order valence-electron chi connectivity index (χ1n) is 10.3. The van der Waals surface area contributed by atoms with E-state index in [0.29, 0.717) is 27.3 Å². The van der Waals surface area contributed by atoms with Gasteiger partial charge in [0, 0.05) is 6.42 Å². The Kier molecular flexibility index (Phi) is 9.12. The average Bonchev–Trinajstić information content (AvgIpc) is 3.07. The van der Waals surface area contributed by atoms with Gasteiger partial charge >= 0.3 is 0 Å². The number of nitrogens with one attached hydrogen (secondary N) is 1. The molecule has 3 rings (SSSR count). The Balaban J connectivity index is 1.73. The number of anilines is 1. The molecule has 2 aromatic rings. The van der Waals surface area contributed by atoms with Gasteiger partial charge in [0.05, 0.1) is 17.2 Å². The maximum Gasteiger partial charge on any atom is 0.270 e. The SMILES string of the molecule is CCOc1ccc(N2C(=O)/C(=C/c3ccc(O[C@@H](NC(=O)CC)C(Cl)(Cl)Cl)cc3)SC2=S)cc1. The van der Waals surface area contributed by atoms with Crippen molar-refractivity contribution in [1.82, 2.24) is 5.32 Å². The van der Waals surface area contributed by atoms with Gasteiger partial charge in [-0.2, -0.15) is 0 Å². The maximum absolute atomic E-state index is 13.0. The van der Waals surface area contributed by atoms with E-state index in [0.717, 1.165) is 11.3 Å². The molecule has 180 valence electrons. The van der Waals surface area contributed by atoms with Crippen LogP contribution in [-0.4, -0.2) is 32.8 Å². The quantitative estimate of drug-likeness (QED) is 0.183. The molecule has 0 radical (unpaired) electrons. The molecule has 11 heteroatoms. The molecule has 1 N–H and O–H groups in total. The van der Waals surface area contributed by atoms with Gasteiger partial charge in [-0.3, -0.25) is 14.5 Å². The standard InChI is InChI=1S/C23H21Cl3N2O4S2/c1-3-19(29)27-21(23(24,25)26)32-17-9-5-14(6-10-17)13-18-20(30)28(22(33)34-18)15-7-11-16(12-8-15)31-4-2/h5-13,21H,3-4H2,1-2H3,(H,27,29)/b18-13-/t21-/m1/s1. The van der Waals surface area contributed by atoms with Crippen LogP contribution in [0.4, 0.5) is 5.69 Å². The lowest BCUT2D eigenvalue weighted by atomic mass is 10.2. The molecule has 34 heavy (non-hydrogen) atoms. The van der Waals surface area contributed by atoms with Crippen LogP contribution in [0.3, 0.4) is 0 Å². The van der Waals surface area contributed by atoms with Gasteiger partial charge in [0.2, 0.25) is 15.9 Å². The number of carbonyl (C=O) groups is 2. The molecular weight excluding hydrogens is 539 g/mol. The van der Waals surface area contributed by atoms with Crippen molar-refractivity contribution in [2.45, 2.75) is 30.3 Å². The normalized spacial score (nSPS) is 16.0. The summed E-state index contributed by atoms with van der Waals surface area (Å²) in [5.74, 6) is 0.577. The number of amides is 2. The van der Waals surface area contributed by atoms with Gasteiger partial charge < -0.3 is 14.8 Å². The Labute approximate surface area is 222 Å². The second-order valence-electron chi connectivity index (χ2n) is 6.97. The number of alkyl halides is 3. The van der Waals surface area contributed by atoms with Crippen molar-refractivity contribution in [3.63, 3.8) is 0 Å². The zero-order chi connectivity index (χ0) is 24.9. The maximum atomic E-state index is 13.0. The first-order chi connectivity index (χ1) is 16.1. The number of thioether (sulfide) groups is 1. The highest BCUT2D eigenvalue weighted by Crippen LogP contribution is 2.37. The number of rotatable bonds is 8. The minimum absolute atomic E-state index is 0.210. The summed E-state index contributed by atoms with van der Waals surface area (Å²) >= 11 is 24.4. The number of halogens is 3. The van der Waals surface area contributed by atoms with Gasteiger partial charge in [-0.05, 0) is 55.0 Å². The number of hydrogen-bond acceptors (Lipinski definition) is 6. The van der Waals surface area contributed by atoms with Crippen molar-refractivity contribution in [2.24, 2.45) is 0 Å². The summed E-state index contributed by atoms with van der Waals surface area (Å²) < 4.78 is 9.68. The van der Waals surface area contributed by atoms with Crippen LogP contribution < -0.4 is 19.7 Å². The smallest absolute Gasteiger partial charge is 0.270 e. The molecule has 1 atom stereocenters. The third-order valence-corrected chi connectivity index (χ3v) is 6.44. The molecule has 1 aliphatic heterocycles. The summed E-state index contributed by atoms with van der Waals surface area (Å²) in [5, 5.41) is 2.53. The third kappa shape index (κ3) is 6.79. The lowest BCUT2D eigenvalue weighted by Gasteiger charge is -2.26. The van der Waals surface area contributed by atoms with Gasteiger partial charge in [-0.1, -0.05) is 77.8 Å². The van der Waals surface area contributed by atoms with Crippen LogP contribution in [0.1, 0.15) is 25.8 Å². The minimum Gasteiger partial charge on any atom is -0.494 e. The molecule has 0 unspecified atom stereocenters. The van der Waals surface area contributed by atoms with Crippen molar-refractivity contribution < 1.29 is 19.1 Å². The molecule has 0 saturated carbocycles. The molecule has 0 spiro atoms. The first-order valence-corrected chi connectivity index (χ1v) is 12.6. The van der Waals surface area contributed by atoms with E-state index in [1.165, 1.54) is 16.7 Å². The van der Waals surface area contributed by atoms with Crippen LogP contribution >= 0.6 is 58.8 Å². The minimum atomic E-state index is -1.86. The van der Waals surface area contributed by atoms with Gasteiger partial charge in [-0.25, -0.2) is 0 Å². The zero-order valence-corrected chi connectivity index (χ0v) is 22.1. The Bertz CT molecular complexity index is 1090. The Morgan fingerprint density at radius 2 is 1.74 bits per heavy atom. The molecule has 0 aliphatic carbocycles. The number of carbonyl (C=O) groups excluding carboxylic acids is 2. The molecule has 1 saturated heterocycles. The molecule has 1 heterocycles. The predicted octanol–water partition coefficient (Wildman–Crippen LogP) is 6.09. The topological polar surface area (TPSA) is 67.9 Å². The lowest BCUT2D eigenvalue weighted by molar-refractivity contribution is -0.123. The predicted molar refractivity (Wildman–Crippen MR) is 143 cm³/mol. The Morgan fingerprint density at radius 1 is 1.12 bits per heavy atom. The average molecular weight is 560 g/mol. The van der Waals surface area contributed by atoms with Crippen LogP contribution in [0.2, 0.25) is 0 Å². The number of nitrogens with zero attached hydrogens (tertiary/aromatic N) is 1. The summed E-state index contributed by atoms with van der Waals surface area (Å²) in [6.07, 6.45) is 0.790. The fraction of sp³-hybridized carbons (Fsp3) is 0.261. The van der Waals surface area contributed by atoms with Gasteiger partial charge in [0.25, 0.3) is 5.91 Å². The molecule has 2 amide bonds. The zero-order valence-electron chi connectivity index (χ0n) is 18.2. The molecule has 1 fully saturated rings. The Hall–Kier alpha value is -1.97. The van der Waals surface area contributed by atoms with Crippen molar-refractivity contribution in [2.75, 3.05) is 11.5 Å². The largest absolute Gasteiger partial charge is 0.494 e. The lowest BCUT2D eigenvalue weighted by Crippen LogP contribution is -2.47. The van der Waals surface area contributed by atoms with E-state index in [9.17, 15) is 9.59 Å². The van der Waals surface area contributed by atoms with Crippen LogP contribution in [-0.2, 0) is 9.59 Å². The summed E-state index contributed by atoms with van der Waals surface area (Å²) in [5.41, 5.74) is 1.42. The van der Waals surface area contributed by atoms with Crippen LogP contribution in [0.5, 0.6) is 11.5 Å². The van der Waals surface area contributed by atoms with E-state index < -0.39 is 10.0 Å². The second-order valence-corrected chi connectivity index (χ2v) is 11.0. The molecular formula is C23H21Cl3N2O4S2. The van der Waals surface area contributed by atoms with Crippen LogP contribution in [0, 0.1) is 0 Å². The summed E-state index contributed by atoms with van der Waals surface area (Å²) in [7, 11) is 0. The first kappa shape index (κ1) is 26.6. The van der Waals surface area contributed by atoms with E-state index in [2.05, 4.69) is 5.32 Å². The van der Waals surface area contributed by atoms with E-state index in [1.807, 2.05) is 6.92 Å². The number of ether oxygens (including phenoxy) is 2. The fourth-order valence-corrected chi connectivity index (χ4v) is 4.50.